The zero-order valence-corrected chi connectivity index (χ0v) is 10.4. The molecule has 1 rings (SSSR count). The number of nitrogens with zero attached hydrogens (tertiary/aromatic N) is 1. The van der Waals surface area contributed by atoms with Gasteiger partial charge in [-0.15, -0.1) is 0 Å². The van der Waals surface area contributed by atoms with Crippen LogP contribution in [0.2, 0.25) is 0 Å². The van der Waals surface area contributed by atoms with Crippen molar-refractivity contribution in [2.24, 2.45) is 0 Å². The molecule has 1 unspecified atom stereocenters. The molecule has 1 heterocycles. The van der Waals surface area contributed by atoms with Crippen LogP contribution >= 0.6 is 0 Å². The fraction of sp³-hybridized carbons (Fsp3) is 0.545. The third-order valence-electron chi connectivity index (χ3n) is 2.64. The lowest BCUT2D eigenvalue weighted by atomic mass is 10.1. The van der Waals surface area contributed by atoms with Crippen LogP contribution in [0.1, 0.15) is 23.4 Å². The largest absolute Gasteiger partial charge is 0.479 e. The topological polar surface area (TPSA) is 115 Å². The lowest BCUT2D eigenvalue weighted by molar-refractivity contribution is -0.147. The lowest BCUT2D eigenvalue weighted by Crippen LogP contribution is -2.31. The quantitative estimate of drug-likeness (QED) is 0.548. The number of rotatable bonds is 6. The molecule has 0 aliphatic carbocycles. The van der Waals surface area contributed by atoms with Gasteiger partial charge in [-0.3, -0.25) is 9.89 Å². The molecule has 0 fully saturated rings. The van der Waals surface area contributed by atoms with E-state index in [1.54, 1.807) is 6.92 Å². The average Bonchev–Trinajstić information content (AvgIpc) is 2.60. The number of aliphatic hydroxyl groups is 1. The summed E-state index contributed by atoms with van der Waals surface area (Å²) in [5.41, 5.74) is 2.45. The molecule has 4 N–H and O–H groups in total. The highest BCUT2D eigenvalue weighted by Gasteiger charge is 2.14. The molecule has 100 valence electrons. The third-order valence-corrected chi connectivity index (χ3v) is 2.64. The van der Waals surface area contributed by atoms with Gasteiger partial charge in [-0.25, -0.2) is 4.79 Å². The van der Waals surface area contributed by atoms with Gasteiger partial charge in [0.25, 0.3) is 0 Å². The molecular weight excluding hydrogens is 238 g/mol. The van der Waals surface area contributed by atoms with Gasteiger partial charge < -0.3 is 15.5 Å². The van der Waals surface area contributed by atoms with Crippen LogP contribution in [-0.4, -0.2) is 44.9 Å². The van der Waals surface area contributed by atoms with E-state index in [0.29, 0.717) is 0 Å². The van der Waals surface area contributed by atoms with Crippen molar-refractivity contribution < 1.29 is 19.8 Å². The molecule has 7 heteroatoms. The summed E-state index contributed by atoms with van der Waals surface area (Å²) in [5.74, 6) is -1.51. The Morgan fingerprint density at radius 1 is 1.44 bits per heavy atom. The summed E-state index contributed by atoms with van der Waals surface area (Å²) in [5, 5.41) is 26.8. The minimum atomic E-state index is -1.44. The first-order valence-electron chi connectivity index (χ1n) is 5.59. The molecule has 0 saturated heterocycles. The summed E-state index contributed by atoms with van der Waals surface area (Å²) < 4.78 is 0. The second-order valence-electron chi connectivity index (χ2n) is 4.08. The molecule has 0 aliphatic heterocycles. The monoisotopic (exact) mass is 255 g/mol. The predicted molar refractivity (Wildman–Crippen MR) is 63.0 cm³/mol. The van der Waals surface area contributed by atoms with Crippen LogP contribution in [0.4, 0.5) is 0 Å². The van der Waals surface area contributed by atoms with Gasteiger partial charge in [-0.05, 0) is 13.8 Å². The molecule has 1 aromatic rings. The van der Waals surface area contributed by atoms with E-state index in [0.717, 1.165) is 17.0 Å². The maximum absolute atomic E-state index is 11.6. The first kappa shape index (κ1) is 14.2. The third kappa shape index (κ3) is 3.85. The van der Waals surface area contributed by atoms with E-state index in [4.69, 9.17) is 10.2 Å². The number of amides is 1. The van der Waals surface area contributed by atoms with Gasteiger partial charge in [0.15, 0.2) is 6.10 Å². The van der Waals surface area contributed by atoms with Crippen molar-refractivity contribution in [2.75, 3.05) is 6.54 Å². The zero-order chi connectivity index (χ0) is 13.7. The number of aryl methyl sites for hydroxylation is 2. The van der Waals surface area contributed by atoms with Crippen LogP contribution in [0.3, 0.4) is 0 Å². The predicted octanol–water partition coefficient (Wildman–Crippen LogP) is -0.479. The van der Waals surface area contributed by atoms with E-state index in [1.807, 2.05) is 6.92 Å². The Balaban J connectivity index is 2.37. The van der Waals surface area contributed by atoms with Crippen molar-refractivity contribution >= 4 is 11.9 Å². The van der Waals surface area contributed by atoms with E-state index < -0.39 is 12.1 Å². The highest BCUT2D eigenvalue weighted by molar-refractivity contribution is 5.79. The number of aliphatic hydroxyl groups excluding tert-OH is 1. The number of carbonyl (C=O) groups excluding carboxylic acids is 1. The van der Waals surface area contributed by atoms with E-state index in [9.17, 15) is 9.59 Å². The smallest absolute Gasteiger partial charge is 0.332 e. The Hall–Kier alpha value is -1.89. The van der Waals surface area contributed by atoms with Gasteiger partial charge in [0, 0.05) is 24.2 Å². The van der Waals surface area contributed by atoms with Crippen LogP contribution < -0.4 is 5.32 Å². The van der Waals surface area contributed by atoms with Crippen molar-refractivity contribution in [1.29, 1.82) is 0 Å². The first-order chi connectivity index (χ1) is 8.41. The van der Waals surface area contributed by atoms with E-state index in [2.05, 4.69) is 15.5 Å². The highest BCUT2D eigenvalue weighted by Crippen LogP contribution is 2.09. The van der Waals surface area contributed by atoms with Crippen LogP contribution in [-0.2, 0) is 16.0 Å². The van der Waals surface area contributed by atoms with Crippen LogP contribution in [0.25, 0.3) is 0 Å². The molecule has 0 radical (unpaired) electrons. The summed E-state index contributed by atoms with van der Waals surface area (Å²) in [6.45, 7) is 3.76. The van der Waals surface area contributed by atoms with Gasteiger partial charge >= 0.3 is 5.97 Å². The standard InChI is InChI=1S/C11H17N3O4/c1-6-8(7(2)14-13-6)5-10(16)12-4-3-9(15)11(17)18/h9,15H,3-5H2,1-2H3,(H,12,16)(H,13,14)(H,17,18). The molecule has 1 aromatic heterocycles. The molecule has 0 spiro atoms. The van der Waals surface area contributed by atoms with Crippen LogP contribution in [0.5, 0.6) is 0 Å². The van der Waals surface area contributed by atoms with Crippen molar-refractivity contribution in [3.8, 4) is 0 Å². The number of carbonyl (C=O) groups is 2. The number of aliphatic carboxylic acids is 1. The SMILES string of the molecule is Cc1n[nH]c(C)c1CC(=O)NCCC(O)C(=O)O. The van der Waals surface area contributed by atoms with Gasteiger partial charge in [0.05, 0.1) is 12.1 Å². The van der Waals surface area contributed by atoms with E-state index >= 15 is 0 Å². The first-order valence-corrected chi connectivity index (χ1v) is 5.59. The Morgan fingerprint density at radius 3 is 2.61 bits per heavy atom. The number of hydrogen-bond donors (Lipinski definition) is 4. The fourth-order valence-corrected chi connectivity index (χ4v) is 1.53. The summed E-state index contributed by atoms with van der Waals surface area (Å²) in [6, 6.07) is 0. The highest BCUT2D eigenvalue weighted by atomic mass is 16.4. The summed E-state index contributed by atoms with van der Waals surface area (Å²) in [6.07, 6.45) is -1.26. The van der Waals surface area contributed by atoms with Gasteiger partial charge in [0.2, 0.25) is 5.91 Å². The Kier molecular flexibility index (Phi) is 4.85. The molecule has 0 bridgehead atoms. The zero-order valence-electron chi connectivity index (χ0n) is 10.4. The molecule has 7 nitrogen and oxygen atoms in total. The maximum atomic E-state index is 11.6. The normalized spacial score (nSPS) is 12.2. The van der Waals surface area contributed by atoms with E-state index in [1.165, 1.54) is 0 Å². The second-order valence-corrected chi connectivity index (χ2v) is 4.08. The van der Waals surface area contributed by atoms with Gasteiger partial charge in [-0.1, -0.05) is 0 Å². The number of carboxylic acids is 1. The minimum absolute atomic E-state index is 0.00950. The number of nitrogens with one attached hydrogen (secondary N) is 2. The molecular formula is C11H17N3O4. The maximum Gasteiger partial charge on any atom is 0.332 e. The summed E-state index contributed by atoms with van der Waals surface area (Å²) >= 11 is 0. The fourth-order valence-electron chi connectivity index (χ4n) is 1.53. The summed E-state index contributed by atoms with van der Waals surface area (Å²) in [7, 11) is 0. The molecule has 18 heavy (non-hydrogen) atoms. The Bertz CT molecular complexity index is 422. The number of H-pyrrole nitrogens is 1. The molecule has 0 saturated carbocycles. The second kappa shape index (κ2) is 6.15. The Morgan fingerprint density at radius 2 is 2.11 bits per heavy atom. The molecule has 1 amide bonds. The molecule has 0 aliphatic rings. The Labute approximate surface area is 104 Å². The number of hydrogen-bond acceptors (Lipinski definition) is 4. The summed E-state index contributed by atoms with van der Waals surface area (Å²) in [4.78, 5) is 21.9. The molecule has 0 aromatic carbocycles. The van der Waals surface area contributed by atoms with Crippen molar-refractivity contribution in [1.82, 2.24) is 15.5 Å². The lowest BCUT2D eigenvalue weighted by Gasteiger charge is -2.07. The number of carboxylic acid groups (broad SMARTS) is 1. The van der Waals surface area contributed by atoms with Gasteiger partial charge in [0.1, 0.15) is 0 Å². The number of aromatic nitrogens is 2. The number of aromatic amines is 1. The van der Waals surface area contributed by atoms with Crippen molar-refractivity contribution in [2.45, 2.75) is 32.8 Å². The average molecular weight is 255 g/mol. The molecule has 1 atom stereocenters. The van der Waals surface area contributed by atoms with Gasteiger partial charge in [-0.2, -0.15) is 5.10 Å². The van der Waals surface area contributed by atoms with Crippen molar-refractivity contribution in [3.63, 3.8) is 0 Å². The van der Waals surface area contributed by atoms with Crippen LogP contribution in [0, 0.1) is 13.8 Å². The van der Waals surface area contributed by atoms with Crippen molar-refractivity contribution in [3.05, 3.63) is 17.0 Å². The van der Waals surface area contributed by atoms with E-state index in [-0.39, 0.29) is 25.3 Å². The minimum Gasteiger partial charge on any atom is -0.479 e. The van der Waals surface area contributed by atoms with Crippen LogP contribution in [0.15, 0.2) is 0 Å².